The van der Waals surface area contributed by atoms with Crippen molar-refractivity contribution in [2.45, 2.75) is 49.7 Å². The Morgan fingerprint density at radius 2 is 1.75 bits per heavy atom. The molecule has 2 rings (SSSR count). The zero-order valence-electron chi connectivity index (χ0n) is 9.75. The van der Waals surface area contributed by atoms with Gasteiger partial charge < -0.3 is 37.2 Å². The zero-order chi connectivity index (χ0) is 9.47. The largest absolute Gasteiger partial charge is 1.00 e. The molecule has 16 heavy (non-hydrogen) atoms. The van der Waals surface area contributed by atoms with E-state index in [4.69, 9.17) is 0 Å². The third kappa shape index (κ3) is 3.30. The molecule has 0 bridgehead atoms. The van der Waals surface area contributed by atoms with Crippen LogP contribution < -0.4 is 37.2 Å². The van der Waals surface area contributed by atoms with Crippen molar-refractivity contribution >= 4 is 0 Å². The van der Waals surface area contributed by atoms with E-state index in [9.17, 15) is 0 Å². The van der Waals surface area contributed by atoms with Crippen LogP contribution in [-0.4, -0.2) is 0 Å². The number of halogens is 3. The van der Waals surface area contributed by atoms with E-state index in [1.54, 1.807) is 16.7 Å². The Kier molecular flexibility index (Phi) is 9.08. The Balaban J connectivity index is 0. The van der Waals surface area contributed by atoms with Crippen LogP contribution in [0.15, 0.2) is 22.8 Å². The first-order valence-electron chi connectivity index (χ1n) is 5.35. The van der Waals surface area contributed by atoms with Crippen molar-refractivity contribution in [3.8, 4) is 0 Å². The van der Waals surface area contributed by atoms with Gasteiger partial charge in [-0.2, -0.15) is 0 Å². The molecule has 0 saturated carbocycles. The molecular formula is C12H17Cl3Ti. The second kappa shape index (κ2) is 7.49. The second-order valence-electron chi connectivity index (χ2n) is 4.36. The summed E-state index contributed by atoms with van der Waals surface area (Å²) in [4.78, 5) is 0. The molecule has 0 fully saturated rings. The maximum atomic E-state index is 2.48. The molecule has 0 saturated heterocycles. The first-order valence-corrected chi connectivity index (χ1v) is 6.13. The quantitative estimate of drug-likeness (QED) is 0.425. The van der Waals surface area contributed by atoms with E-state index < -0.39 is 0 Å². The maximum Gasteiger partial charge on any atom is -1.00 e. The molecule has 90 valence electrons. The van der Waals surface area contributed by atoms with Gasteiger partial charge >= 0.3 is 92.9 Å². The molecule has 0 aromatic heterocycles. The van der Waals surface area contributed by atoms with Crippen LogP contribution in [0.1, 0.15) is 46.0 Å². The van der Waals surface area contributed by atoms with Crippen molar-refractivity contribution in [2.75, 3.05) is 0 Å². The summed E-state index contributed by atoms with van der Waals surface area (Å²) in [5.74, 6) is 0. The van der Waals surface area contributed by atoms with Crippen molar-refractivity contribution in [3.05, 3.63) is 22.8 Å². The Morgan fingerprint density at radius 3 is 2.25 bits per heavy atom. The molecule has 2 aliphatic carbocycles. The molecule has 2 aliphatic rings. The third-order valence-electron chi connectivity index (χ3n) is 3.49. The minimum atomic E-state index is 0. The van der Waals surface area contributed by atoms with E-state index in [-0.39, 0.29) is 37.2 Å². The molecule has 0 N–H and O–H groups in total. The minimum absolute atomic E-state index is 0. The fourth-order valence-electron chi connectivity index (χ4n) is 2.66. The van der Waals surface area contributed by atoms with Gasteiger partial charge in [0.1, 0.15) is 0 Å². The van der Waals surface area contributed by atoms with E-state index in [0.717, 1.165) is 0 Å². The van der Waals surface area contributed by atoms with Crippen LogP contribution in [0.4, 0.5) is 0 Å². The summed E-state index contributed by atoms with van der Waals surface area (Å²) in [5.41, 5.74) is 5.07. The van der Waals surface area contributed by atoms with Gasteiger partial charge in [-0.05, 0) is 0 Å². The van der Waals surface area contributed by atoms with Crippen LogP contribution >= 0.6 is 0 Å². The van der Waals surface area contributed by atoms with Gasteiger partial charge in [-0.3, -0.25) is 0 Å². The SMILES string of the molecule is CCC1=CC2=C(CCCC2)[C]1(C)[Ti+3].[Cl-].[Cl-].[Cl-]. The second-order valence-corrected chi connectivity index (χ2v) is 5.92. The molecule has 1 unspecified atom stereocenters. The van der Waals surface area contributed by atoms with E-state index >= 15 is 0 Å². The molecule has 4 heteroatoms. The summed E-state index contributed by atoms with van der Waals surface area (Å²) >= 11 is 2.40. The van der Waals surface area contributed by atoms with Gasteiger partial charge in [0.2, 0.25) is 0 Å². The Hall–Kier alpha value is 1.06. The van der Waals surface area contributed by atoms with Crippen molar-refractivity contribution in [1.82, 2.24) is 0 Å². The standard InChI is InChI=1S/C12H17.3ClH.Ti/c1-3-10-8-11-6-4-5-7-12(11)9(10)2;;;;/h8H,3-7H2,1-2H3;3*1H;/q;;;;+3/p-3. The van der Waals surface area contributed by atoms with Crippen LogP contribution in [0.5, 0.6) is 0 Å². The fraction of sp³-hybridized carbons (Fsp3) is 0.667. The number of allylic oxidation sites excluding steroid dienone is 4. The third-order valence-corrected chi connectivity index (χ3v) is 4.46. The van der Waals surface area contributed by atoms with E-state index in [1.807, 2.05) is 0 Å². The molecule has 0 aliphatic heterocycles. The van der Waals surface area contributed by atoms with Gasteiger partial charge in [0.05, 0.1) is 0 Å². The van der Waals surface area contributed by atoms with E-state index in [0.29, 0.717) is 3.72 Å². The van der Waals surface area contributed by atoms with Crippen LogP contribution in [0, 0.1) is 0 Å². The van der Waals surface area contributed by atoms with Crippen LogP contribution in [0.2, 0.25) is 3.72 Å². The summed E-state index contributed by atoms with van der Waals surface area (Å²) in [7, 11) is 0. The van der Waals surface area contributed by atoms with Gasteiger partial charge in [0, 0.05) is 0 Å². The molecule has 0 amide bonds. The number of rotatable bonds is 1. The van der Waals surface area contributed by atoms with Gasteiger partial charge in [0.15, 0.2) is 0 Å². The number of hydrogen-bond acceptors (Lipinski definition) is 0. The van der Waals surface area contributed by atoms with Crippen molar-refractivity contribution < 1.29 is 57.7 Å². The molecule has 0 spiro atoms. The van der Waals surface area contributed by atoms with Crippen LogP contribution in [0.3, 0.4) is 0 Å². The summed E-state index contributed by atoms with van der Waals surface area (Å²) < 4.78 is 0.393. The Labute approximate surface area is 129 Å². The first-order chi connectivity index (χ1) is 6.16. The molecule has 1 atom stereocenters. The van der Waals surface area contributed by atoms with Crippen molar-refractivity contribution in [2.24, 2.45) is 0 Å². The van der Waals surface area contributed by atoms with E-state index in [1.165, 1.54) is 32.1 Å². The van der Waals surface area contributed by atoms with Gasteiger partial charge in [-0.1, -0.05) is 0 Å². The summed E-state index contributed by atoms with van der Waals surface area (Å²) in [6.45, 7) is 4.68. The predicted octanol–water partition coefficient (Wildman–Crippen LogP) is -5.06. The minimum Gasteiger partial charge on any atom is -1.00 e. The Bertz CT molecular complexity index is 293. The van der Waals surface area contributed by atoms with Crippen LogP contribution in [0.25, 0.3) is 0 Å². The first kappa shape index (κ1) is 19.4. The normalized spacial score (nSPS) is 27.1. The zero-order valence-corrected chi connectivity index (χ0v) is 13.6. The molecular weight excluding hydrogens is 298 g/mol. The topological polar surface area (TPSA) is 0 Å². The average molecular weight is 315 g/mol. The predicted molar refractivity (Wildman–Crippen MR) is 52.2 cm³/mol. The molecule has 0 aromatic rings. The molecule has 0 aromatic carbocycles. The molecule has 0 radical (unpaired) electrons. The number of hydrogen-bond donors (Lipinski definition) is 0. The summed E-state index contributed by atoms with van der Waals surface area (Å²) in [5, 5.41) is 0. The smallest absolute Gasteiger partial charge is 1.00 e. The molecule has 0 heterocycles. The van der Waals surface area contributed by atoms with E-state index in [2.05, 4.69) is 40.4 Å². The van der Waals surface area contributed by atoms with Crippen molar-refractivity contribution in [3.63, 3.8) is 0 Å². The monoisotopic (exact) mass is 314 g/mol. The summed E-state index contributed by atoms with van der Waals surface area (Å²) in [6, 6.07) is 0. The van der Waals surface area contributed by atoms with Gasteiger partial charge in [-0.15, -0.1) is 0 Å². The van der Waals surface area contributed by atoms with Gasteiger partial charge in [0.25, 0.3) is 0 Å². The average Bonchev–Trinajstić information content (AvgIpc) is 2.39. The fourth-order valence-corrected chi connectivity index (χ4v) is 3.50. The van der Waals surface area contributed by atoms with Crippen molar-refractivity contribution in [1.29, 1.82) is 0 Å². The summed E-state index contributed by atoms with van der Waals surface area (Å²) in [6.07, 6.45) is 9.20. The van der Waals surface area contributed by atoms with Gasteiger partial charge in [-0.25, -0.2) is 0 Å². The van der Waals surface area contributed by atoms with Crippen LogP contribution in [-0.2, 0) is 20.4 Å². The Morgan fingerprint density at radius 1 is 1.19 bits per heavy atom. The molecule has 0 nitrogen and oxygen atoms in total. The maximum absolute atomic E-state index is 2.48.